The lowest BCUT2D eigenvalue weighted by Crippen LogP contribution is -2.50. The number of hydrogen-bond acceptors (Lipinski definition) is 3. The van der Waals surface area contributed by atoms with Crippen LogP contribution >= 0.6 is 11.6 Å². The molecule has 0 radical (unpaired) electrons. The SMILES string of the molecule is CC(C)(C)OC(=O)N1CCCC[C@H]1C(=O)Cc1ccc(F)cc1Cl. The van der Waals surface area contributed by atoms with E-state index in [2.05, 4.69) is 0 Å². The number of amides is 1. The summed E-state index contributed by atoms with van der Waals surface area (Å²) >= 11 is 6.00. The third-order valence-electron chi connectivity index (χ3n) is 3.88. The number of ether oxygens (including phenoxy) is 1. The summed E-state index contributed by atoms with van der Waals surface area (Å²) in [6, 6.07) is 3.46. The lowest BCUT2D eigenvalue weighted by atomic mass is 9.95. The molecule has 1 aliphatic rings. The fourth-order valence-electron chi connectivity index (χ4n) is 2.78. The van der Waals surface area contributed by atoms with E-state index in [9.17, 15) is 14.0 Å². The summed E-state index contributed by atoms with van der Waals surface area (Å²) in [5, 5.41) is 0.225. The molecule has 0 saturated carbocycles. The van der Waals surface area contributed by atoms with Crippen LogP contribution in [0.2, 0.25) is 5.02 Å². The molecule has 0 bridgehead atoms. The van der Waals surface area contributed by atoms with Gasteiger partial charge in [0.2, 0.25) is 0 Å². The highest BCUT2D eigenvalue weighted by molar-refractivity contribution is 6.31. The standard InChI is InChI=1S/C18H23ClFNO3/c1-18(2,3)24-17(23)21-9-5-4-6-15(21)16(22)10-12-7-8-13(20)11-14(12)19/h7-8,11,15H,4-6,9-10H2,1-3H3/t15-/m0/s1. The molecular formula is C18H23ClFNO3. The van der Waals surface area contributed by atoms with Gasteiger partial charge in [0.1, 0.15) is 11.4 Å². The molecular weight excluding hydrogens is 333 g/mol. The molecule has 0 N–H and O–H groups in total. The number of rotatable bonds is 3. The molecule has 0 spiro atoms. The van der Waals surface area contributed by atoms with Gasteiger partial charge in [-0.3, -0.25) is 9.69 Å². The molecule has 0 aliphatic carbocycles. The molecule has 1 aliphatic heterocycles. The second kappa shape index (κ2) is 7.51. The average molecular weight is 356 g/mol. The predicted molar refractivity (Wildman–Crippen MR) is 90.7 cm³/mol. The van der Waals surface area contributed by atoms with Crippen LogP contribution in [0.25, 0.3) is 0 Å². The smallest absolute Gasteiger partial charge is 0.410 e. The third-order valence-corrected chi connectivity index (χ3v) is 4.23. The molecule has 6 heteroatoms. The van der Waals surface area contributed by atoms with Crippen molar-refractivity contribution in [1.82, 2.24) is 4.90 Å². The summed E-state index contributed by atoms with van der Waals surface area (Å²) < 4.78 is 18.5. The van der Waals surface area contributed by atoms with Gasteiger partial charge >= 0.3 is 6.09 Å². The zero-order valence-electron chi connectivity index (χ0n) is 14.3. The lowest BCUT2D eigenvalue weighted by molar-refractivity contribution is -0.124. The summed E-state index contributed by atoms with van der Waals surface area (Å²) in [4.78, 5) is 26.6. The van der Waals surface area contributed by atoms with E-state index < -0.39 is 23.6 Å². The van der Waals surface area contributed by atoms with Crippen LogP contribution in [0.1, 0.15) is 45.6 Å². The maximum absolute atomic E-state index is 13.1. The Morgan fingerprint density at radius 1 is 1.33 bits per heavy atom. The number of carbonyl (C=O) groups excluding carboxylic acids is 2. The first-order chi connectivity index (χ1) is 11.2. The van der Waals surface area contributed by atoms with E-state index in [4.69, 9.17) is 16.3 Å². The fraction of sp³-hybridized carbons (Fsp3) is 0.556. The topological polar surface area (TPSA) is 46.6 Å². The maximum atomic E-state index is 13.1. The van der Waals surface area contributed by atoms with Gasteiger partial charge in [0.05, 0.1) is 6.04 Å². The molecule has 0 aromatic heterocycles. The summed E-state index contributed by atoms with van der Waals surface area (Å²) in [7, 11) is 0. The monoisotopic (exact) mass is 355 g/mol. The molecule has 4 nitrogen and oxygen atoms in total. The Labute approximate surface area is 146 Å². The third kappa shape index (κ3) is 4.94. The van der Waals surface area contributed by atoms with Gasteiger partial charge in [0.15, 0.2) is 5.78 Å². The average Bonchev–Trinajstić information content (AvgIpc) is 2.48. The largest absolute Gasteiger partial charge is 0.444 e. The lowest BCUT2D eigenvalue weighted by Gasteiger charge is -2.36. The van der Waals surface area contributed by atoms with Crippen molar-refractivity contribution < 1.29 is 18.7 Å². The number of hydrogen-bond donors (Lipinski definition) is 0. The van der Waals surface area contributed by atoms with Gasteiger partial charge in [-0.15, -0.1) is 0 Å². The molecule has 1 fully saturated rings. The molecule has 1 saturated heterocycles. The predicted octanol–water partition coefficient (Wildman–Crippen LogP) is 4.38. The zero-order chi connectivity index (χ0) is 17.9. The van der Waals surface area contributed by atoms with Gasteiger partial charge in [-0.1, -0.05) is 17.7 Å². The first-order valence-corrected chi connectivity index (χ1v) is 8.51. The Bertz CT molecular complexity index is 627. The van der Waals surface area contributed by atoms with Crippen molar-refractivity contribution >= 4 is 23.5 Å². The van der Waals surface area contributed by atoms with E-state index in [-0.39, 0.29) is 17.2 Å². The van der Waals surface area contributed by atoms with Crippen LogP contribution in [-0.2, 0) is 16.0 Å². The minimum absolute atomic E-state index is 0.0725. The molecule has 1 amide bonds. The molecule has 1 atom stereocenters. The number of Topliss-reactive ketones (excluding diaryl/α,β-unsaturated/α-hetero) is 1. The van der Waals surface area contributed by atoms with Crippen LogP contribution in [0.5, 0.6) is 0 Å². The minimum Gasteiger partial charge on any atom is -0.444 e. The Morgan fingerprint density at radius 3 is 2.67 bits per heavy atom. The highest BCUT2D eigenvalue weighted by Gasteiger charge is 2.34. The number of carbonyl (C=O) groups is 2. The van der Waals surface area contributed by atoms with E-state index in [1.54, 1.807) is 20.8 Å². The fourth-order valence-corrected chi connectivity index (χ4v) is 3.01. The van der Waals surface area contributed by atoms with Gasteiger partial charge in [-0.2, -0.15) is 0 Å². The highest BCUT2D eigenvalue weighted by atomic mass is 35.5. The van der Waals surface area contributed by atoms with Crippen LogP contribution in [0, 0.1) is 5.82 Å². The number of nitrogens with zero attached hydrogens (tertiary/aromatic N) is 1. The van der Waals surface area contributed by atoms with Gasteiger partial charge < -0.3 is 4.74 Å². The maximum Gasteiger partial charge on any atom is 0.410 e. The molecule has 0 unspecified atom stereocenters. The van der Waals surface area contributed by atoms with Crippen LogP contribution in [-0.4, -0.2) is 35.0 Å². The Kier molecular flexibility index (Phi) is 5.86. The van der Waals surface area contributed by atoms with Crippen molar-refractivity contribution in [1.29, 1.82) is 0 Å². The first-order valence-electron chi connectivity index (χ1n) is 8.13. The first kappa shape index (κ1) is 18.7. The van der Waals surface area contributed by atoms with Crippen molar-refractivity contribution in [2.75, 3.05) is 6.54 Å². The second-order valence-corrected chi connectivity index (χ2v) is 7.47. The summed E-state index contributed by atoms with van der Waals surface area (Å²) in [6.07, 6.45) is 1.94. The van der Waals surface area contributed by atoms with Crippen molar-refractivity contribution in [3.05, 3.63) is 34.6 Å². The van der Waals surface area contributed by atoms with Gasteiger partial charge in [-0.05, 0) is 57.7 Å². The molecule has 132 valence electrons. The van der Waals surface area contributed by atoms with Gasteiger partial charge in [0.25, 0.3) is 0 Å². The van der Waals surface area contributed by atoms with Crippen molar-refractivity contribution in [2.24, 2.45) is 0 Å². The summed E-state index contributed by atoms with van der Waals surface area (Å²) in [5.74, 6) is -0.543. The van der Waals surface area contributed by atoms with E-state index >= 15 is 0 Å². The van der Waals surface area contributed by atoms with E-state index in [1.807, 2.05) is 0 Å². The number of ketones is 1. The highest BCUT2D eigenvalue weighted by Crippen LogP contribution is 2.24. The van der Waals surface area contributed by atoms with Crippen LogP contribution in [0.15, 0.2) is 18.2 Å². The van der Waals surface area contributed by atoms with Crippen molar-refractivity contribution in [3.63, 3.8) is 0 Å². The van der Waals surface area contributed by atoms with Crippen LogP contribution < -0.4 is 0 Å². The quantitative estimate of drug-likeness (QED) is 0.808. The molecule has 1 aromatic carbocycles. The summed E-state index contributed by atoms with van der Waals surface area (Å²) in [6.45, 7) is 5.89. The minimum atomic E-state index is -0.609. The molecule has 1 aromatic rings. The number of benzene rings is 1. The Morgan fingerprint density at radius 2 is 2.04 bits per heavy atom. The van der Waals surface area contributed by atoms with Gasteiger partial charge in [-0.25, -0.2) is 9.18 Å². The summed E-state index contributed by atoms with van der Waals surface area (Å²) in [5.41, 5.74) is -0.0413. The van der Waals surface area contributed by atoms with Crippen LogP contribution in [0.3, 0.4) is 0 Å². The van der Waals surface area contributed by atoms with E-state index in [0.717, 1.165) is 12.8 Å². The van der Waals surface area contributed by atoms with Crippen molar-refractivity contribution in [2.45, 2.75) is 58.1 Å². The number of piperidine rings is 1. The zero-order valence-corrected chi connectivity index (χ0v) is 15.0. The number of halogens is 2. The molecule has 1 heterocycles. The van der Waals surface area contributed by atoms with E-state index in [1.165, 1.54) is 23.1 Å². The van der Waals surface area contributed by atoms with Crippen molar-refractivity contribution in [3.8, 4) is 0 Å². The van der Waals surface area contributed by atoms with E-state index in [0.29, 0.717) is 18.5 Å². The number of likely N-dealkylation sites (tertiary alicyclic amines) is 1. The molecule has 2 rings (SSSR count). The van der Waals surface area contributed by atoms with Crippen LogP contribution in [0.4, 0.5) is 9.18 Å². The Balaban J connectivity index is 2.11. The molecule has 24 heavy (non-hydrogen) atoms. The van der Waals surface area contributed by atoms with Gasteiger partial charge in [0, 0.05) is 18.0 Å². The Hall–Kier alpha value is -1.62. The second-order valence-electron chi connectivity index (χ2n) is 7.06. The normalized spacial score (nSPS) is 18.4.